The van der Waals surface area contributed by atoms with Crippen molar-refractivity contribution in [1.29, 1.82) is 0 Å². The lowest BCUT2D eigenvalue weighted by Crippen LogP contribution is -2.33. The van der Waals surface area contributed by atoms with E-state index in [4.69, 9.17) is 32.0 Å². The van der Waals surface area contributed by atoms with E-state index in [0.29, 0.717) is 39.9 Å². The van der Waals surface area contributed by atoms with E-state index in [-0.39, 0.29) is 29.6 Å². The summed E-state index contributed by atoms with van der Waals surface area (Å²) in [5, 5.41) is 16.3. The predicted molar refractivity (Wildman–Crippen MR) is 167 cm³/mol. The Kier molecular flexibility index (Phi) is 13.8. The summed E-state index contributed by atoms with van der Waals surface area (Å²) in [6, 6.07) is 16.0. The monoisotopic (exact) mass is 686 g/mol. The Morgan fingerprint density at radius 3 is 2.20 bits per heavy atom. The number of carbonyl (C=O) groups is 3. The van der Waals surface area contributed by atoms with Crippen LogP contribution in [0.25, 0.3) is 0 Å². The number of nitrogens with one attached hydrogen (secondary N) is 3. The van der Waals surface area contributed by atoms with Crippen LogP contribution in [0, 0.1) is 0 Å². The fraction of sp³-hybridized carbons (Fsp3) is 0.300. The number of nitrogens with two attached hydrogens (primary N) is 1. The van der Waals surface area contributed by atoms with E-state index in [1.165, 1.54) is 19.1 Å². The van der Waals surface area contributed by atoms with Gasteiger partial charge >= 0.3 is 12.1 Å². The summed E-state index contributed by atoms with van der Waals surface area (Å²) < 4.78 is 62.8. The van der Waals surface area contributed by atoms with E-state index in [1.54, 1.807) is 55.5 Å². The molecule has 0 fully saturated rings. The van der Waals surface area contributed by atoms with E-state index in [2.05, 4.69) is 16.0 Å². The van der Waals surface area contributed by atoms with Gasteiger partial charge in [0.05, 0.1) is 17.3 Å². The minimum absolute atomic E-state index is 0.0863. The SMILES string of the molecule is CCOc1cccc(C(Nc2ccc(CN)c(Cl)c2)C(=O)NCc2cc(NC(C)=O)ccc2S(=O)(=O)CC)c1.O=C(O)C(F)(F)F. The largest absolute Gasteiger partial charge is 0.494 e. The molecule has 0 saturated carbocycles. The van der Waals surface area contributed by atoms with Crippen molar-refractivity contribution < 1.29 is 45.8 Å². The fourth-order valence-electron chi connectivity index (χ4n) is 3.96. The number of sulfone groups is 1. The zero-order chi connectivity index (χ0) is 34.7. The molecular weight excluding hydrogens is 653 g/mol. The first-order valence-electron chi connectivity index (χ1n) is 13.7. The Morgan fingerprint density at radius 1 is 1.00 bits per heavy atom. The van der Waals surface area contributed by atoms with Crippen molar-refractivity contribution in [3.05, 3.63) is 82.4 Å². The lowest BCUT2D eigenvalue weighted by Gasteiger charge is -2.22. The molecule has 0 aliphatic heterocycles. The van der Waals surface area contributed by atoms with Gasteiger partial charge in [0.1, 0.15) is 11.8 Å². The second-order valence-corrected chi connectivity index (χ2v) is 12.2. The number of anilines is 2. The summed E-state index contributed by atoms with van der Waals surface area (Å²) in [6.07, 6.45) is -5.08. The molecule has 1 atom stereocenters. The maximum Gasteiger partial charge on any atom is 0.490 e. The Bertz CT molecular complexity index is 1650. The number of carboxylic acid groups (broad SMARTS) is 1. The summed E-state index contributed by atoms with van der Waals surface area (Å²) >= 11 is 6.34. The number of alkyl halides is 3. The minimum Gasteiger partial charge on any atom is -0.494 e. The molecule has 3 rings (SSSR count). The first-order valence-corrected chi connectivity index (χ1v) is 15.7. The van der Waals surface area contributed by atoms with Gasteiger partial charge in [-0.2, -0.15) is 13.2 Å². The summed E-state index contributed by atoms with van der Waals surface area (Å²) in [4.78, 5) is 34.1. The van der Waals surface area contributed by atoms with E-state index in [1.807, 2.05) is 6.92 Å². The standard InChI is InChI=1S/C28H33ClN4O5S.C2HF3O2/c1-4-38-24-8-6-7-19(14-24)27(33-23-10-9-20(16-30)25(29)15-23)28(35)31-17-21-13-22(32-18(3)34)11-12-26(21)39(36,37)5-2;3-2(4,5)1(6)7/h6-15,27,33H,4-5,16-17,30H2,1-3H3,(H,31,35)(H,32,34);(H,6,7). The molecule has 1 unspecified atom stereocenters. The van der Waals surface area contributed by atoms with E-state index in [0.717, 1.165) is 5.56 Å². The molecule has 0 aromatic heterocycles. The van der Waals surface area contributed by atoms with Crippen molar-refractivity contribution in [2.24, 2.45) is 5.73 Å². The molecule has 0 radical (unpaired) electrons. The molecule has 0 aliphatic rings. The number of ether oxygens (including phenoxy) is 1. The van der Waals surface area contributed by atoms with Crippen LogP contribution in [0.3, 0.4) is 0 Å². The number of carbonyl (C=O) groups excluding carboxylic acids is 2. The Hall–Kier alpha value is -4.34. The van der Waals surface area contributed by atoms with E-state index < -0.39 is 33.9 Å². The third-order valence-electron chi connectivity index (χ3n) is 6.14. The summed E-state index contributed by atoms with van der Waals surface area (Å²) in [5.74, 6) is -2.97. The van der Waals surface area contributed by atoms with Crippen LogP contribution < -0.4 is 26.4 Å². The van der Waals surface area contributed by atoms with Gasteiger partial charge in [0.25, 0.3) is 0 Å². The number of rotatable bonds is 12. The highest BCUT2D eigenvalue weighted by atomic mass is 35.5. The molecular formula is C30H34ClF3N4O7S. The van der Waals surface area contributed by atoms with Gasteiger partial charge in [-0.25, -0.2) is 13.2 Å². The molecule has 0 heterocycles. The van der Waals surface area contributed by atoms with Crippen LogP contribution >= 0.6 is 11.6 Å². The predicted octanol–water partition coefficient (Wildman–Crippen LogP) is 5.05. The van der Waals surface area contributed by atoms with Gasteiger partial charge in [0.15, 0.2) is 9.84 Å². The number of hydrogen-bond acceptors (Lipinski definition) is 8. The third kappa shape index (κ3) is 11.2. The highest BCUT2D eigenvalue weighted by molar-refractivity contribution is 7.91. The number of amides is 2. The highest BCUT2D eigenvalue weighted by Gasteiger charge is 2.38. The first kappa shape index (κ1) is 37.8. The average Bonchev–Trinajstić information content (AvgIpc) is 2.98. The molecule has 0 spiro atoms. The quantitative estimate of drug-likeness (QED) is 0.174. The first-order chi connectivity index (χ1) is 21.5. The average molecular weight is 687 g/mol. The van der Waals surface area contributed by atoms with Gasteiger partial charge in [-0.1, -0.05) is 36.7 Å². The molecule has 0 saturated heterocycles. The van der Waals surface area contributed by atoms with Crippen LogP contribution in [-0.2, 0) is 37.3 Å². The van der Waals surface area contributed by atoms with Crippen LogP contribution in [0.2, 0.25) is 5.02 Å². The minimum atomic E-state index is -5.08. The molecule has 16 heteroatoms. The van der Waals surface area contributed by atoms with Gasteiger partial charge in [-0.05, 0) is 66.1 Å². The second-order valence-electron chi connectivity index (χ2n) is 9.52. The summed E-state index contributed by atoms with van der Waals surface area (Å²) in [5.41, 5.74) is 8.50. The normalized spacial score (nSPS) is 11.8. The number of aliphatic carboxylic acids is 1. The molecule has 0 bridgehead atoms. The van der Waals surface area contributed by atoms with Gasteiger partial charge in [-0.15, -0.1) is 0 Å². The number of hydrogen-bond donors (Lipinski definition) is 5. The third-order valence-corrected chi connectivity index (χ3v) is 8.32. The number of halogens is 4. The zero-order valence-electron chi connectivity index (χ0n) is 25.1. The van der Waals surface area contributed by atoms with Crippen molar-refractivity contribution in [1.82, 2.24) is 5.32 Å². The van der Waals surface area contributed by atoms with Gasteiger partial charge in [0.2, 0.25) is 11.8 Å². The van der Waals surface area contributed by atoms with Gasteiger partial charge in [0, 0.05) is 36.4 Å². The summed E-state index contributed by atoms with van der Waals surface area (Å²) in [6.45, 7) is 5.43. The topological polar surface area (TPSA) is 177 Å². The zero-order valence-corrected chi connectivity index (χ0v) is 26.6. The van der Waals surface area contributed by atoms with Crippen molar-refractivity contribution in [3.63, 3.8) is 0 Å². The van der Waals surface area contributed by atoms with Crippen LogP contribution in [0.5, 0.6) is 5.75 Å². The fourth-order valence-corrected chi connectivity index (χ4v) is 5.34. The smallest absolute Gasteiger partial charge is 0.490 e. The van der Waals surface area contributed by atoms with Gasteiger partial charge in [-0.3, -0.25) is 9.59 Å². The van der Waals surface area contributed by atoms with Crippen LogP contribution in [0.1, 0.15) is 43.5 Å². The van der Waals surface area contributed by atoms with E-state index >= 15 is 0 Å². The lowest BCUT2D eigenvalue weighted by molar-refractivity contribution is -0.192. The summed E-state index contributed by atoms with van der Waals surface area (Å²) in [7, 11) is -3.59. The molecule has 0 aliphatic carbocycles. The maximum atomic E-state index is 13.6. The Balaban J connectivity index is 0.000000942. The van der Waals surface area contributed by atoms with Crippen molar-refractivity contribution in [2.75, 3.05) is 23.0 Å². The number of carboxylic acids is 1. The van der Waals surface area contributed by atoms with Crippen LogP contribution in [-0.4, -0.2) is 49.8 Å². The maximum absolute atomic E-state index is 13.6. The van der Waals surface area contributed by atoms with Crippen LogP contribution in [0.15, 0.2) is 65.6 Å². The van der Waals surface area contributed by atoms with E-state index in [9.17, 15) is 31.2 Å². The van der Waals surface area contributed by atoms with Crippen molar-refractivity contribution in [2.45, 2.75) is 51.0 Å². The molecule has 11 nitrogen and oxygen atoms in total. The number of benzene rings is 3. The van der Waals surface area contributed by atoms with Crippen molar-refractivity contribution >= 4 is 50.6 Å². The molecule has 250 valence electrons. The Morgan fingerprint density at radius 2 is 1.65 bits per heavy atom. The lowest BCUT2D eigenvalue weighted by atomic mass is 10.0. The molecule has 3 aromatic carbocycles. The highest BCUT2D eigenvalue weighted by Crippen LogP contribution is 2.28. The van der Waals surface area contributed by atoms with Gasteiger partial charge < -0.3 is 31.5 Å². The molecule has 3 aromatic rings. The molecule has 6 N–H and O–H groups in total. The Labute approximate surface area is 269 Å². The molecule has 2 amide bonds. The molecule has 46 heavy (non-hydrogen) atoms. The van der Waals surface area contributed by atoms with Crippen molar-refractivity contribution in [3.8, 4) is 5.75 Å². The second kappa shape index (κ2) is 16.8. The van der Waals surface area contributed by atoms with Crippen LogP contribution in [0.4, 0.5) is 24.5 Å².